The fraction of sp³-hybridized carbons (Fsp3) is 0.571. The maximum absolute atomic E-state index is 5.30. The summed E-state index contributed by atoms with van der Waals surface area (Å²) in [6, 6.07) is 0. The minimum Gasteiger partial charge on any atom is -1.00 e. The maximum Gasteiger partial charge on any atom is 0.141 e. The molecule has 1 rings (SSSR count). The lowest BCUT2D eigenvalue weighted by Gasteiger charge is -2.24. The molecule has 0 bridgehead atoms. The molecule has 0 aliphatic heterocycles. The van der Waals surface area contributed by atoms with Crippen LogP contribution in [0.2, 0.25) is 0 Å². The predicted molar refractivity (Wildman–Crippen MR) is 65.0 cm³/mol. The van der Waals surface area contributed by atoms with Crippen molar-refractivity contribution < 1.29 is 21.5 Å². The zero-order valence-electron chi connectivity index (χ0n) is 10.2. The van der Waals surface area contributed by atoms with Crippen LogP contribution in [-0.2, 0) is 0 Å². The summed E-state index contributed by atoms with van der Waals surface area (Å²) in [5.74, 6) is 9.19. The van der Waals surface area contributed by atoms with Crippen LogP contribution in [0.3, 0.4) is 0 Å². The maximum atomic E-state index is 5.30. The zero-order valence-corrected chi connectivity index (χ0v) is 11.8. The number of halogens is 1. The van der Waals surface area contributed by atoms with Crippen molar-refractivity contribution in [2.75, 3.05) is 27.2 Å². The molecule has 0 heterocycles. The summed E-state index contributed by atoms with van der Waals surface area (Å²) in [6.45, 7) is 1.58. The van der Waals surface area contributed by atoms with Crippen LogP contribution in [0.5, 0.6) is 0 Å². The summed E-state index contributed by atoms with van der Waals surface area (Å²) < 4.78 is 0.788. The third-order valence-corrected chi connectivity index (χ3v) is 2.57. The van der Waals surface area contributed by atoms with Gasteiger partial charge in [-0.2, -0.15) is 0 Å². The van der Waals surface area contributed by atoms with E-state index in [1.54, 1.807) is 0 Å². The molecule has 0 atom stereocenters. The van der Waals surface area contributed by atoms with Crippen molar-refractivity contribution in [3.63, 3.8) is 0 Å². The molecule has 1 aliphatic rings. The summed E-state index contributed by atoms with van der Waals surface area (Å²) >= 11 is 0. The minimum absolute atomic E-state index is 0. The average Bonchev–Trinajstić information content (AvgIpc) is 2.19. The lowest BCUT2D eigenvalue weighted by Crippen LogP contribution is -3.00. The molecule has 0 aromatic heterocycles. The molecule has 2 heteroatoms. The second-order valence-corrected chi connectivity index (χ2v) is 4.73. The van der Waals surface area contributed by atoms with Crippen LogP contribution in [0, 0.1) is 24.2 Å². The average molecular weight is 282 g/mol. The van der Waals surface area contributed by atoms with Crippen molar-refractivity contribution in [1.29, 1.82) is 0 Å². The molecule has 88 valence electrons. The van der Waals surface area contributed by atoms with E-state index in [0.717, 1.165) is 24.0 Å². The van der Waals surface area contributed by atoms with Gasteiger partial charge in [-0.3, -0.25) is 0 Å². The molecule has 0 saturated carbocycles. The standard InChI is InChI=1S/C14H20N.BrH/c1-4-12-15(2,3)13-8-11-14-9-6-5-7-10-14;/h1,9H,5-7,10,12-13H2,2-3H3;1H/q+1;/p-1. The number of allylic oxidation sites excluding steroid dienone is 2. The molecular weight excluding hydrogens is 262 g/mol. The largest absolute Gasteiger partial charge is 1.00 e. The summed E-state index contributed by atoms with van der Waals surface area (Å²) in [5.41, 5.74) is 1.32. The highest BCUT2D eigenvalue weighted by Gasteiger charge is 2.10. The monoisotopic (exact) mass is 281 g/mol. The molecule has 0 unspecified atom stereocenters. The Hall–Kier alpha value is -0.700. The Morgan fingerprint density at radius 1 is 1.31 bits per heavy atom. The fourth-order valence-electron chi connectivity index (χ4n) is 1.62. The van der Waals surface area contributed by atoms with Crippen LogP contribution >= 0.6 is 0 Å². The summed E-state index contributed by atoms with van der Waals surface area (Å²) in [5, 5.41) is 0. The Labute approximate surface area is 110 Å². The van der Waals surface area contributed by atoms with Crippen molar-refractivity contribution in [2.45, 2.75) is 25.7 Å². The van der Waals surface area contributed by atoms with Gasteiger partial charge in [-0.15, -0.1) is 6.42 Å². The Morgan fingerprint density at radius 2 is 2.06 bits per heavy atom. The number of quaternary nitrogens is 1. The van der Waals surface area contributed by atoms with Crippen molar-refractivity contribution in [2.24, 2.45) is 0 Å². The number of rotatable bonds is 2. The summed E-state index contributed by atoms with van der Waals surface area (Å²) in [6.07, 6.45) is 12.6. The highest BCUT2D eigenvalue weighted by molar-refractivity contribution is 5.29. The van der Waals surface area contributed by atoms with Crippen LogP contribution in [0.1, 0.15) is 25.7 Å². The number of hydrogen-bond acceptors (Lipinski definition) is 0. The molecule has 0 saturated heterocycles. The van der Waals surface area contributed by atoms with Gasteiger partial charge in [-0.25, -0.2) is 0 Å². The minimum atomic E-state index is 0. The van der Waals surface area contributed by atoms with E-state index in [9.17, 15) is 0 Å². The Kier molecular flexibility index (Phi) is 7.22. The normalized spacial score (nSPS) is 14.9. The zero-order chi connectivity index (χ0) is 11.1. The van der Waals surface area contributed by atoms with Gasteiger partial charge in [0.2, 0.25) is 0 Å². The van der Waals surface area contributed by atoms with Crippen LogP contribution in [0.25, 0.3) is 0 Å². The van der Waals surface area contributed by atoms with Crippen LogP contribution in [0.4, 0.5) is 0 Å². The Bertz CT molecular complexity index is 336. The van der Waals surface area contributed by atoms with E-state index in [1.165, 1.54) is 24.8 Å². The first-order valence-corrected chi connectivity index (χ1v) is 5.57. The van der Waals surface area contributed by atoms with Crippen molar-refractivity contribution in [1.82, 2.24) is 0 Å². The van der Waals surface area contributed by atoms with Crippen molar-refractivity contribution in [3.8, 4) is 24.2 Å². The first kappa shape index (κ1) is 15.3. The van der Waals surface area contributed by atoms with Gasteiger partial charge in [0.1, 0.15) is 13.1 Å². The molecule has 0 aromatic rings. The molecule has 0 N–H and O–H groups in total. The van der Waals surface area contributed by atoms with E-state index < -0.39 is 0 Å². The molecule has 1 nitrogen and oxygen atoms in total. The molecule has 0 spiro atoms. The van der Waals surface area contributed by atoms with E-state index in [0.29, 0.717) is 0 Å². The lowest BCUT2D eigenvalue weighted by molar-refractivity contribution is -0.875. The Morgan fingerprint density at radius 3 is 2.62 bits per heavy atom. The molecule has 0 fully saturated rings. The molecule has 0 aromatic carbocycles. The van der Waals surface area contributed by atoms with Gasteiger partial charge in [0.05, 0.1) is 14.1 Å². The van der Waals surface area contributed by atoms with Crippen LogP contribution < -0.4 is 17.0 Å². The highest BCUT2D eigenvalue weighted by Crippen LogP contribution is 2.15. The van der Waals surface area contributed by atoms with E-state index in [2.05, 4.69) is 37.9 Å². The fourth-order valence-corrected chi connectivity index (χ4v) is 1.62. The number of hydrogen-bond donors (Lipinski definition) is 0. The topological polar surface area (TPSA) is 0 Å². The molecular formula is C14H20BrN. The van der Waals surface area contributed by atoms with Crippen molar-refractivity contribution >= 4 is 0 Å². The summed E-state index contributed by atoms with van der Waals surface area (Å²) in [7, 11) is 4.23. The van der Waals surface area contributed by atoms with Crippen molar-refractivity contribution in [3.05, 3.63) is 11.6 Å². The number of terminal acetylenes is 1. The SMILES string of the molecule is C#CC[N+](C)(C)CC#CC1=CCCCC1.[Br-]. The van der Waals surface area contributed by atoms with Crippen LogP contribution in [0.15, 0.2) is 11.6 Å². The molecule has 1 aliphatic carbocycles. The smallest absolute Gasteiger partial charge is 0.141 e. The van der Waals surface area contributed by atoms with E-state index in [4.69, 9.17) is 6.42 Å². The van der Waals surface area contributed by atoms with Gasteiger partial charge >= 0.3 is 0 Å². The first-order valence-electron chi connectivity index (χ1n) is 5.57. The number of nitrogens with zero attached hydrogens (tertiary/aromatic N) is 1. The van der Waals surface area contributed by atoms with Crippen LogP contribution in [-0.4, -0.2) is 31.7 Å². The van der Waals surface area contributed by atoms with Gasteiger partial charge < -0.3 is 21.5 Å². The quantitative estimate of drug-likeness (QED) is 0.460. The predicted octanol–water partition coefficient (Wildman–Crippen LogP) is -0.796. The summed E-state index contributed by atoms with van der Waals surface area (Å²) in [4.78, 5) is 0. The van der Waals surface area contributed by atoms with Gasteiger partial charge in [-0.05, 0) is 43.1 Å². The van der Waals surface area contributed by atoms with Gasteiger partial charge in [-0.1, -0.05) is 12.0 Å². The van der Waals surface area contributed by atoms with Gasteiger partial charge in [0, 0.05) is 0 Å². The van der Waals surface area contributed by atoms with Gasteiger partial charge in [0.15, 0.2) is 0 Å². The second kappa shape index (κ2) is 7.55. The van der Waals surface area contributed by atoms with Gasteiger partial charge in [0.25, 0.3) is 0 Å². The van der Waals surface area contributed by atoms with E-state index in [-0.39, 0.29) is 17.0 Å². The molecule has 0 radical (unpaired) electrons. The Balaban J connectivity index is 0.00000225. The first-order chi connectivity index (χ1) is 7.14. The van der Waals surface area contributed by atoms with E-state index in [1.807, 2.05) is 0 Å². The van der Waals surface area contributed by atoms with E-state index >= 15 is 0 Å². The molecule has 16 heavy (non-hydrogen) atoms. The highest BCUT2D eigenvalue weighted by atomic mass is 79.9. The second-order valence-electron chi connectivity index (χ2n) is 4.73. The molecule has 0 amide bonds. The third kappa shape index (κ3) is 6.01. The third-order valence-electron chi connectivity index (χ3n) is 2.57. The lowest BCUT2D eigenvalue weighted by atomic mass is 10.0.